The molecule has 0 aromatic carbocycles. The summed E-state index contributed by atoms with van der Waals surface area (Å²) in [5.41, 5.74) is 6.78. The highest BCUT2D eigenvalue weighted by molar-refractivity contribution is 6.29. The Morgan fingerprint density at radius 3 is 2.84 bits per heavy atom. The maximum Gasteiger partial charge on any atom is 0.273 e. The van der Waals surface area contributed by atoms with Crippen LogP contribution >= 0.6 is 11.6 Å². The molecule has 0 unspecified atom stereocenters. The molecule has 6 heteroatoms. The van der Waals surface area contributed by atoms with Crippen LogP contribution in [0.5, 0.6) is 0 Å². The first-order chi connectivity index (χ1) is 8.97. The zero-order valence-corrected chi connectivity index (χ0v) is 11.5. The molecule has 0 aliphatic carbocycles. The van der Waals surface area contributed by atoms with Crippen LogP contribution in [-0.2, 0) is 0 Å². The van der Waals surface area contributed by atoms with Crippen LogP contribution in [0.4, 0.5) is 11.5 Å². The predicted molar refractivity (Wildman–Crippen MR) is 76.4 cm³/mol. The van der Waals surface area contributed by atoms with Gasteiger partial charge >= 0.3 is 0 Å². The molecular formula is C13H15ClN4O. The van der Waals surface area contributed by atoms with Crippen LogP contribution in [0.1, 0.15) is 30.4 Å². The van der Waals surface area contributed by atoms with Crippen molar-refractivity contribution in [1.29, 1.82) is 0 Å². The number of aromatic nitrogens is 2. The summed E-state index contributed by atoms with van der Waals surface area (Å²) in [6.45, 7) is 3.96. The molecule has 0 aliphatic heterocycles. The Kier molecular flexibility index (Phi) is 3.76. The van der Waals surface area contributed by atoms with Gasteiger partial charge in [-0.2, -0.15) is 0 Å². The van der Waals surface area contributed by atoms with Crippen molar-refractivity contribution in [3.05, 3.63) is 41.3 Å². The number of nitrogens with one attached hydrogen (secondary N) is 1. The number of hydrogen-bond donors (Lipinski definition) is 2. The molecule has 19 heavy (non-hydrogen) atoms. The average Bonchev–Trinajstić information content (AvgIpc) is 2.71. The molecule has 0 atom stereocenters. The molecule has 2 aromatic heterocycles. The fourth-order valence-corrected chi connectivity index (χ4v) is 1.93. The van der Waals surface area contributed by atoms with Gasteiger partial charge in [0.05, 0.1) is 5.69 Å². The largest absolute Gasteiger partial charge is 0.397 e. The van der Waals surface area contributed by atoms with E-state index in [0.717, 1.165) is 0 Å². The van der Waals surface area contributed by atoms with E-state index in [1.54, 1.807) is 30.5 Å². The first-order valence-electron chi connectivity index (χ1n) is 5.88. The standard InChI is InChI=1S/C13H15ClN4O/c1-8(2)18-7-9(15)6-10(18)13(19)17-12-5-3-4-11(14)16-12/h3-8H,15H2,1-2H3,(H,16,17,19). The molecule has 0 saturated heterocycles. The summed E-state index contributed by atoms with van der Waals surface area (Å²) >= 11 is 5.77. The molecule has 1 amide bonds. The Morgan fingerprint density at radius 1 is 1.47 bits per heavy atom. The smallest absolute Gasteiger partial charge is 0.273 e. The van der Waals surface area contributed by atoms with Gasteiger partial charge in [-0.05, 0) is 32.0 Å². The van der Waals surface area contributed by atoms with Gasteiger partial charge in [-0.25, -0.2) is 4.98 Å². The fraction of sp³-hybridized carbons (Fsp3) is 0.231. The van der Waals surface area contributed by atoms with Crippen LogP contribution in [-0.4, -0.2) is 15.5 Å². The molecule has 3 N–H and O–H groups in total. The minimum absolute atomic E-state index is 0.144. The molecule has 0 aliphatic rings. The lowest BCUT2D eigenvalue weighted by Crippen LogP contribution is -2.18. The summed E-state index contributed by atoms with van der Waals surface area (Å²) in [5.74, 6) is 0.146. The number of hydrogen-bond acceptors (Lipinski definition) is 3. The van der Waals surface area contributed by atoms with Crippen molar-refractivity contribution in [1.82, 2.24) is 9.55 Å². The van der Waals surface area contributed by atoms with Crippen molar-refractivity contribution in [2.24, 2.45) is 0 Å². The van der Waals surface area contributed by atoms with E-state index in [4.69, 9.17) is 17.3 Å². The Labute approximate surface area is 116 Å². The number of pyridine rings is 1. The third-order valence-electron chi connectivity index (χ3n) is 2.62. The Balaban J connectivity index is 2.25. The van der Waals surface area contributed by atoms with Gasteiger partial charge in [0.15, 0.2) is 0 Å². The Hall–Kier alpha value is -2.01. The fourth-order valence-electron chi connectivity index (χ4n) is 1.77. The number of nitrogens with two attached hydrogens (primary N) is 1. The molecular weight excluding hydrogens is 264 g/mol. The zero-order valence-electron chi connectivity index (χ0n) is 10.7. The number of halogens is 1. The quantitative estimate of drug-likeness (QED) is 0.848. The summed E-state index contributed by atoms with van der Waals surface area (Å²) in [7, 11) is 0. The van der Waals surface area contributed by atoms with Crippen molar-refractivity contribution >= 4 is 29.0 Å². The van der Waals surface area contributed by atoms with Crippen molar-refractivity contribution in [2.45, 2.75) is 19.9 Å². The van der Waals surface area contributed by atoms with Gasteiger partial charge in [-0.15, -0.1) is 0 Å². The van der Waals surface area contributed by atoms with E-state index in [-0.39, 0.29) is 11.9 Å². The number of rotatable bonds is 3. The van der Waals surface area contributed by atoms with E-state index in [0.29, 0.717) is 22.4 Å². The lowest BCUT2D eigenvalue weighted by atomic mass is 10.3. The molecule has 2 rings (SSSR count). The third-order valence-corrected chi connectivity index (χ3v) is 2.83. The van der Waals surface area contributed by atoms with Crippen molar-refractivity contribution in [3.8, 4) is 0 Å². The van der Waals surface area contributed by atoms with Crippen molar-refractivity contribution in [3.63, 3.8) is 0 Å². The second-order valence-corrected chi connectivity index (χ2v) is 4.85. The van der Waals surface area contributed by atoms with Gasteiger partial charge < -0.3 is 15.6 Å². The van der Waals surface area contributed by atoms with Gasteiger partial charge in [0.25, 0.3) is 5.91 Å². The number of nitrogen functional groups attached to an aromatic ring is 1. The monoisotopic (exact) mass is 278 g/mol. The van der Waals surface area contributed by atoms with Gasteiger partial charge in [-0.1, -0.05) is 17.7 Å². The van der Waals surface area contributed by atoms with Crippen LogP contribution in [0, 0.1) is 0 Å². The zero-order chi connectivity index (χ0) is 14.0. The highest BCUT2D eigenvalue weighted by Gasteiger charge is 2.15. The molecule has 5 nitrogen and oxygen atoms in total. The van der Waals surface area contributed by atoms with Crippen LogP contribution in [0.25, 0.3) is 0 Å². The van der Waals surface area contributed by atoms with Gasteiger partial charge in [0.1, 0.15) is 16.7 Å². The number of carbonyl (C=O) groups excluding carboxylic acids is 1. The van der Waals surface area contributed by atoms with E-state index in [9.17, 15) is 4.79 Å². The normalized spacial score (nSPS) is 10.7. The highest BCUT2D eigenvalue weighted by Crippen LogP contribution is 2.18. The van der Waals surface area contributed by atoms with Crippen LogP contribution < -0.4 is 11.1 Å². The summed E-state index contributed by atoms with van der Waals surface area (Å²) < 4.78 is 1.81. The summed E-state index contributed by atoms with van der Waals surface area (Å²) in [6, 6.07) is 6.83. The average molecular weight is 279 g/mol. The van der Waals surface area contributed by atoms with E-state index < -0.39 is 0 Å². The van der Waals surface area contributed by atoms with Gasteiger partial charge in [0.2, 0.25) is 0 Å². The summed E-state index contributed by atoms with van der Waals surface area (Å²) in [5, 5.41) is 3.03. The second-order valence-electron chi connectivity index (χ2n) is 4.46. The predicted octanol–water partition coefficient (Wildman–Crippen LogP) is 2.95. The molecule has 0 spiro atoms. The number of amides is 1. The van der Waals surface area contributed by atoms with E-state index in [1.807, 2.05) is 18.4 Å². The first-order valence-corrected chi connectivity index (χ1v) is 6.26. The molecule has 2 heterocycles. The third kappa shape index (κ3) is 3.06. The molecule has 100 valence electrons. The number of nitrogens with zero attached hydrogens (tertiary/aromatic N) is 2. The lowest BCUT2D eigenvalue weighted by molar-refractivity contribution is 0.101. The molecule has 0 saturated carbocycles. The SMILES string of the molecule is CC(C)n1cc(N)cc1C(=O)Nc1cccc(Cl)n1. The first kappa shape index (κ1) is 13.4. The van der Waals surface area contributed by atoms with E-state index >= 15 is 0 Å². The Morgan fingerprint density at radius 2 is 2.21 bits per heavy atom. The molecule has 0 fully saturated rings. The van der Waals surface area contributed by atoms with Crippen molar-refractivity contribution in [2.75, 3.05) is 11.1 Å². The van der Waals surface area contributed by atoms with Crippen molar-refractivity contribution < 1.29 is 4.79 Å². The Bertz CT molecular complexity index is 606. The molecule has 0 bridgehead atoms. The second kappa shape index (κ2) is 5.32. The topological polar surface area (TPSA) is 72.9 Å². The lowest BCUT2D eigenvalue weighted by Gasteiger charge is -2.12. The summed E-state index contributed by atoms with van der Waals surface area (Å²) in [4.78, 5) is 16.2. The summed E-state index contributed by atoms with van der Waals surface area (Å²) in [6.07, 6.45) is 1.74. The highest BCUT2D eigenvalue weighted by atomic mass is 35.5. The van der Waals surface area contributed by atoms with E-state index in [2.05, 4.69) is 10.3 Å². The van der Waals surface area contributed by atoms with Crippen LogP contribution in [0.15, 0.2) is 30.5 Å². The maximum atomic E-state index is 12.2. The van der Waals surface area contributed by atoms with Gasteiger partial charge in [-0.3, -0.25) is 4.79 Å². The maximum absolute atomic E-state index is 12.2. The molecule has 0 radical (unpaired) electrons. The van der Waals surface area contributed by atoms with Gasteiger partial charge in [0, 0.05) is 12.2 Å². The minimum Gasteiger partial charge on any atom is -0.397 e. The van der Waals surface area contributed by atoms with Crippen LogP contribution in [0.2, 0.25) is 5.15 Å². The minimum atomic E-state index is -0.264. The van der Waals surface area contributed by atoms with E-state index in [1.165, 1.54) is 0 Å². The number of carbonyl (C=O) groups is 1. The number of anilines is 2. The van der Waals surface area contributed by atoms with Crippen LogP contribution in [0.3, 0.4) is 0 Å². The molecule has 2 aromatic rings.